The van der Waals surface area contributed by atoms with E-state index in [4.69, 9.17) is 6.42 Å². The summed E-state index contributed by atoms with van der Waals surface area (Å²) in [7, 11) is 0. The largest absolute Gasteiger partial charge is 0.332 e. The fraction of sp³-hybridized carbons (Fsp3) is 0.188. The lowest BCUT2D eigenvalue weighted by Gasteiger charge is -2.13. The Morgan fingerprint density at radius 1 is 1.36 bits per heavy atom. The molecular weight excluding hydrogens is 280 g/mol. The van der Waals surface area contributed by atoms with Crippen LogP contribution in [-0.4, -0.2) is 26.9 Å². The minimum atomic E-state index is -0.506. The van der Waals surface area contributed by atoms with Crippen LogP contribution in [0.25, 0.3) is 11.3 Å². The number of benzene rings is 1. The smallest absolute Gasteiger partial charge is 0.300 e. The number of hydrogen-bond acceptors (Lipinski definition) is 3. The van der Waals surface area contributed by atoms with E-state index in [-0.39, 0.29) is 5.91 Å². The Morgan fingerprint density at radius 3 is 2.86 bits per heavy atom. The number of hydrogen-bond donors (Lipinski definition) is 2. The number of nitrogens with zero attached hydrogens (tertiary/aromatic N) is 2. The molecule has 0 fully saturated rings. The van der Waals surface area contributed by atoms with Gasteiger partial charge < -0.3 is 10.2 Å². The number of aromatic amines is 1. The topological polar surface area (TPSA) is 78.1 Å². The maximum Gasteiger partial charge on any atom is 0.300 e. The van der Waals surface area contributed by atoms with Gasteiger partial charge >= 0.3 is 0 Å². The molecule has 0 atom stereocenters. The number of anilines is 1. The predicted octanol–water partition coefficient (Wildman–Crippen LogP) is 1.51. The third-order valence-corrected chi connectivity index (χ3v) is 3.66. The molecule has 0 spiro atoms. The van der Waals surface area contributed by atoms with Gasteiger partial charge in [-0.2, -0.15) is 5.10 Å². The first-order valence-corrected chi connectivity index (χ1v) is 6.78. The number of rotatable bonds is 2. The zero-order valence-corrected chi connectivity index (χ0v) is 12.0. The van der Waals surface area contributed by atoms with Crippen molar-refractivity contribution in [3.63, 3.8) is 0 Å². The van der Waals surface area contributed by atoms with Crippen molar-refractivity contribution in [2.24, 2.45) is 0 Å². The van der Waals surface area contributed by atoms with Crippen LogP contribution in [-0.2, 0) is 22.7 Å². The summed E-state index contributed by atoms with van der Waals surface area (Å²) in [4.78, 5) is 24.7. The second-order valence-electron chi connectivity index (χ2n) is 5.04. The summed E-state index contributed by atoms with van der Waals surface area (Å²) >= 11 is 0. The molecule has 1 aromatic heterocycles. The number of para-hydroxylation sites is 1. The molecule has 2 aromatic rings. The molecule has 6 nitrogen and oxygen atoms in total. The third kappa shape index (κ3) is 2.33. The van der Waals surface area contributed by atoms with Crippen molar-refractivity contribution in [1.29, 1.82) is 0 Å². The van der Waals surface area contributed by atoms with Crippen LogP contribution < -0.4 is 5.32 Å². The number of terminal acetylenes is 1. The number of H-pyrrole nitrogens is 1. The fourth-order valence-electron chi connectivity index (χ4n) is 2.55. The van der Waals surface area contributed by atoms with E-state index in [9.17, 15) is 9.59 Å². The van der Waals surface area contributed by atoms with E-state index in [0.717, 1.165) is 22.5 Å². The number of aromatic nitrogens is 2. The van der Waals surface area contributed by atoms with Gasteiger partial charge in [0.25, 0.3) is 5.91 Å². The van der Waals surface area contributed by atoms with Gasteiger partial charge in [0, 0.05) is 18.1 Å². The zero-order valence-electron chi connectivity index (χ0n) is 12.0. The second-order valence-corrected chi connectivity index (χ2v) is 5.04. The van der Waals surface area contributed by atoms with E-state index in [2.05, 4.69) is 15.5 Å². The minimum absolute atomic E-state index is 0.0119. The molecule has 2 amide bonds. The Kier molecular flexibility index (Phi) is 3.39. The highest BCUT2D eigenvalue weighted by molar-refractivity contribution is 6.05. The lowest BCUT2D eigenvalue weighted by Crippen LogP contribution is -2.22. The minimum Gasteiger partial charge on any atom is -0.332 e. The van der Waals surface area contributed by atoms with Crippen LogP contribution in [0.15, 0.2) is 24.3 Å². The third-order valence-electron chi connectivity index (χ3n) is 3.66. The number of fused-ring (bicyclic) bond motifs is 1. The van der Waals surface area contributed by atoms with Crippen LogP contribution in [0.4, 0.5) is 5.69 Å². The normalized spacial score (nSPS) is 12.6. The van der Waals surface area contributed by atoms with E-state index in [0.29, 0.717) is 18.8 Å². The Bertz CT molecular complexity index is 801. The molecule has 6 heteroatoms. The van der Waals surface area contributed by atoms with Gasteiger partial charge in [-0.1, -0.05) is 18.2 Å². The van der Waals surface area contributed by atoms with Crippen LogP contribution in [0.5, 0.6) is 0 Å². The Labute approximate surface area is 127 Å². The van der Waals surface area contributed by atoms with Crippen molar-refractivity contribution in [1.82, 2.24) is 15.1 Å². The van der Waals surface area contributed by atoms with Crippen molar-refractivity contribution in [3.05, 3.63) is 35.5 Å². The first-order valence-electron chi connectivity index (χ1n) is 6.78. The maximum atomic E-state index is 11.5. The molecule has 0 saturated carbocycles. The van der Waals surface area contributed by atoms with Crippen LogP contribution >= 0.6 is 0 Å². The Balaban J connectivity index is 2.00. The highest BCUT2D eigenvalue weighted by atomic mass is 16.2. The average Bonchev–Trinajstić information content (AvgIpc) is 3.08. The molecule has 0 bridgehead atoms. The van der Waals surface area contributed by atoms with E-state index in [1.54, 1.807) is 11.0 Å². The van der Waals surface area contributed by atoms with Crippen molar-refractivity contribution in [3.8, 4) is 23.6 Å². The van der Waals surface area contributed by atoms with Crippen LogP contribution in [0.2, 0.25) is 0 Å². The highest BCUT2D eigenvalue weighted by Crippen LogP contribution is 2.34. The van der Waals surface area contributed by atoms with Gasteiger partial charge in [0.2, 0.25) is 5.91 Å². The maximum absolute atomic E-state index is 11.5. The van der Waals surface area contributed by atoms with Gasteiger partial charge in [0.1, 0.15) is 0 Å². The van der Waals surface area contributed by atoms with E-state index in [1.165, 1.54) is 6.92 Å². The molecular formula is C16H14N4O2. The first-order chi connectivity index (χ1) is 10.6. The molecule has 2 heterocycles. The molecule has 0 saturated heterocycles. The molecule has 1 aliphatic rings. The number of carbonyl (C=O) groups excluding carboxylic acids is 2. The van der Waals surface area contributed by atoms with Crippen molar-refractivity contribution < 1.29 is 9.59 Å². The van der Waals surface area contributed by atoms with Gasteiger partial charge in [-0.25, -0.2) is 0 Å². The fourth-order valence-corrected chi connectivity index (χ4v) is 2.55. The zero-order chi connectivity index (χ0) is 15.7. The summed E-state index contributed by atoms with van der Waals surface area (Å²) in [5.74, 6) is 1.54. The molecule has 1 aliphatic heterocycles. The van der Waals surface area contributed by atoms with Crippen molar-refractivity contribution >= 4 is 17.5 Å². The molecule has 2 N–H and O–H groups in total. The summed E-state index contributed by atoms with van der Waals surface area (Å²) in [5.41, 5.74) is 4.02. The molecule has 0 aliphatic carbocycles. The molecule has 0 unspecified atom stereocenters. The lowest BCUT2D eigenvalue weighted by atomic mass is 10.0. The molecule has 110 valence electrons. The quantitative estimate of drug-likeness (QED) is 0.824. The molecule has 1 aromatic carbocycles. The van der Waals surface area contributed by atoms with Crippen LogP contribution in [0, 0.1) is 12.3 Å². The standard InChI is InChI=1S/C16H14N4O2/c1-3-15(22)17-13-7-5-4-6-11(13)16-12-8-20(10(2)21)9-14(12)18-19-16/h1,4-7H,8-9H2,2H3,(H,17,22)(H,18,19). The number of carbonyl (C=O) groups is 2. The van der Waals surface area contributed by atoms with Gasteiger partial charge in [-0.15, -0.1) is 6.42 Å². The van der Waals surface area contributed by atoms with Crippen molar-refractivity contribution in [2.75, 3.05) is 5.32 Å². The summed E-state index contributed by atoms with van der Waals surface area (Å²) in [6.45, 7) is 2.55. The van der Waals surface area contributed by atoms with Crippen LogP contribution in [0.1, 0.15) is 18.2 Å². The lowest BCUT2D eigenvalue weighted by molar-refractivity contribution is -0.129. The van der Waals surface area contributed by atoms with Crippen molar-refractivity contribution in [2.45, 2.75) is 20.0 Å². The van der Waals surface area contributed by atoms with Crippen LogP contribution in [0.3, 0.4) is 0 Å². The second kappa shape index (κ2) is 5.37. The highest BCUT2D eigenvalue weighted by Gasteiger charge is 2.27. The summed E-state index contributed by atoms with van der Waals surface area (Å²) in [6.07, 6.45) is 5.10. The summed E-state index contributed by atoms with van der Waals surface area (Å²) in [5, 5.41) is 9.94. The first kappa shape index (κ1) is 13.9. The number of amides is 2. The Morgan fingerprint density at radius 2 is 2.14 bits per heavy atom. The summed E-state index contributed by atoms with van der Waals surface area (Å²) < 4.78 is 0. The van der Waals surface area contributed by atoms with Gasteiger partial charge in [-0.3, -0.25) is 14.7 Å². The van der Waals surface area contributed by atoms with Gasteiger partial charge in [-0.05, 0) is 12.0 Å². The number of nitrogens with one attached hydrogen (secondary N) is 2. The van der Waals surface area contributed by atoms with E-state index >= 15 is 0 Å². The average molecular weight is 294 g/mol. The van der Waals surface area contributed by atoms with E-state index < -0.39 is 5.91 Å². The van der Waals surface area contributed by atoms with Gasteiger partial charge in [0.15, 0.2) is 0 Å². The summed E-state index contributed by atoms with van der Waals surface area (Å²) in [6, 6.07) is 7.33. The molecule has 0 radical (unpaired) electrons. The monoisotopic (exact) mass is 294 g/mol. The van der Waals surface area contributed by atoms with E-state index in [1.807, 2.05) is 24.1 Å². The van der Waals surface area contributed by atoms with Gasteiger partial charge in [0.05, 0.1) is 30.2 Å². The predicted molar refractivity (Wildman–Crippen MR) is 81.4 cm³/mol. The molecule has 3 rings (SSSR count). The molecule has 22 heavy (non-hydrogen) atoms. The SMILES string of the molecule is C#CC(=O)Nc1ccccc1-c1[nH]nc2c1CN(C(C)=O)C2. The Hall–Kier alpha value is -3.07.